The fourth-order valence-electron chi connectivity index (χ4n) is 4.38. The first-order chi connectivity index (χ1) is 12.5. The number of pyridine rings is 1. The van der Waals surface area contributed by atoms with Gasteiger partial charge in [-0.2, -0.15) is 4.57 Å². The van der Waals surface area contributed by atoms with Gasteiger partial charge in [0.25, 0.3) is 0 Å². The van der Waals surface area contributed by atoms with Gasteiger partial charge >= 0.3 is 0 Å². The molecule has 1 aliphatic rings. The van der Waals surface area contributed by atoms with Gasteiger partial charge in [0.15, 0.2) is 5.69 Å². The van der Waals surface area contributed by atoms with Crippen LogP contribution in [-0.4, -0.2) is 0 Å². The smallest absolute Gasteiger partial charge is 0.198 e. The zero-order valence-electron chi connectivity index (χ0n) is 16.8. The predicted octanol–water partition coefficient (Wildman–Crippen LogP) is 5.91. The van der Waals surface area contributed by atoms with Crippen LogP contribution in [0.25, 0.3) is 22.0 Å². The van der Waals surface area contributed by atoms with Crippen molar-refractivity contribution in [3.05, 3.63) is 64.8 Å². The topological polar surface area (TPSA) is 3.88 Å². The van der Waals surface area contributed by atoms with Gasteiger partial charge in [-0.25, -0.2) is 0 Å². The van der Waals surface area contributed by atoms with Crippen molar-refractivity contribution in [1.82, 2.24) is 0 Å². The summed E-state index contributed by atoms with van der Waals surface area (Å²) in [6, 6.07) is 13.8. The Morgan fingerprint density at radius 2 is 1.76 bits per heavy atom. The Morgan fingerprint density at radius 1 is 1.04 bits per heavy atom. The molecule has 4 rings (SSSR count). The van der Waals surface area contributed by atoms with Crippen LogP contribution in [0.1, 0.15) is 55.4 Å². The first-order valence-electron chi connectivity index (χ1n) is 9.98. The highest BCUT2D eigenvalue weighted by Gasteiger charge is 2.23. The molecule has 1 heterocycles. The third kappa shape index (κ3) is 2.76. The summed E-state index contributed by atoms with van der Waals surface area (Å²) in [5.74, 6) is 0.709. The van der Waals surface area contributed by atoms with Gasteiger partial charge in [-0.1, -0.05) is 37.1 Å². The summed E-state index contributed by atoms with van der Waals surface area (Å²) in [6.45, 7) is 6.54. The van der Waals surface area contributed by atoms with E-state index in [0.29, 0.717) is 12.0 Å². The maximum Gasteiger partial charge on any atom is 0.220 e. The monoisotopic (exact) mass is 331 g/mol. The van der Waals surface area contributed by atoms with Gasteiger partial charge in [0.1, 0.15) is 7.05 Å². The Kier molecular flexibility index (Phi) is 3.81. The van der Waals surface area contributed by atoms with Crippen molar-refractivity contribution in [2.45, 2.75) is 52.4 Å². The largest absolute Gasteiger partial charge is 0.220 e. The lowest BCUT2D eigenvalue weighted by atomic mass is 9.89. The van der Waals surface area contributed by atoms with Gasteiger partial charge in [0.05, 0.1) is 12.3 Å². The maximum atomic E-state index is 8.54. The molecule has 128 valence electrons. The van der Waals surface area contributed by atoms with Crippen LogP contribution in [0.15, 0.2) is 42.4 Å². The summed E-state index contributed by atoms with van der Waals surface area (Å²) in [5, 5.41) is 2.22. The second kappa shape index (κ2) is 6.29. The highest BCUT2D eigenvalue weighted by atomic mass is 14.9. The lowest BCUT2D eigenvalue weighted by molar-refractivity contribution is -0.665. The number of rotatable bonds is 2. The molecule has 0 spiro atoms. The molecule has 0 amide bonds. The van der Waals surface area contributed by atoms with E-state index < -0.39 is 0 Å². The molecule has 3 aromatic rings. The minimum atomic E-state index is 0.633. The number of aryl methyl sites for hydroxylation is 1. The average molecular weight is 332 g/mol. The summed E-state index contributed by atoms with van der Waals surface area (Å²) in [6.07, 6.45) is 5.35. The molecule has 1 nitrogen and oxygen atoms in total. The lowest BCUT2D eigenvalue weighted by Crippen LogP contribution is -2.35. The molecule has 25 heavy (non-hydrogen) atoms. The van der Waals surface area contributed by atoms with E-state index >= 15 is 0 Å². The molecule has 1 fully saturated rings. The molecule has 1 aromatic heterocycles. The second-order valence-electron chi connectivity index (χ2n) is 7.66. The summed E-state index contributed by atoms with van der Waals surface area (Å²) >= 11 is 0. The van der Waals surface area contributed by atoms with E-state index in [4.69, 9.17) is 1.37 Å². The molecule has 0 saturated heterocycles. The van der Waals surface area contributed by atoms with Gasteiger partial charge in [-0.3, -0.25) is 0 Å². The molecule has 1 aliphatic carbocycles. The number of hydrogen-bond acceptors (Lipinski definition) is 0. The number of hydrogen-bond donors (Lipinski definition) is 0. The molecule has 1 heteroatoms. The van der Waals surface area contributed by atoms with E-state index in [9.17, 15) is 0 Å². The number of benzene rings is 2. The van der Waals surface area contributed by atoms with Gasteiger partial charge in [0.2, 0.25) is 5.69 Å². The van der Waals surface area contributed by atoms with Gasteiger partial charge < -0.3 is 0 Å². The Labute approximate surface area is 152 Å². The van der Waals surface area contributed by atoms with Gasteiger partial charge in [-0.15, -0.1) is 0 Å². The molecule has 0 atom stereocenters. The van der Waals surface area contributed by atoms with E-state index in [2.05, 4.69) is 62.7 Å². The molecule has 1 saturated carbocycles. The fraction of sp³-hybridized carbons (Fsp3) is 0.375. The highest BCUT2D eigenvalue weighted by Crippen LogP contribution is 2.38. The molecule has 0 bridgehead atoms. The lowest BCUT2D eigenvalue weighted by Gasteiger charge is -2.16. The Balaban J connectivity index is 2.04. The molecule has 2 aromatic carbocycles. The number of nitrogens with zero attached hydrogens (tertiary/aromatic N) is 1. The van der Waals surface area contributed by atoms with Crippen molar-refractivity contribution in [2.75, 3.05) is 0 Å². The van der Waals surface area contributed by atoms with Crippen molar-refractivity contribution in [3.8, 4) is 11.3 Å². The SMILES string of the molecule is [2H]c1c(C)[n+](C)c(-c2cc(C3CCCC3)cc(C)c2C)c2ccccc12. The van der Waals surface area contributed by atoms with Crippen molar-refractivity contribution >= 4 is 10.8 Å². The molecule has 0 unspecified atom stereocenters. The van der Waals surface area contributed by atoms with Crippen molar-refractivity contribution in [1.29, 1.82) is 0 Å². The van der Waals surface area contributed by atoms with Crippen LogP contribution in [0, 0.1) is 20.8 Å². The third-order valence-corrected chi connectivity index (χ3v) is 6.11. The minimum absolute atomic E-state index is 0.633. The average Bonchev–Trinajstić information content (AvgIpc) is 3.18. The summed E-state index contributed by atoms with van der Waals surface area (Å²) < 4.78 is 10.8. The highest BCUT2D eigenvalue weighted by molar-refractivity contribution is 5.94. The molecule has 0 radical (unpaired) electrons. The quantitative estimate of drug-likeness (QED) is 0.514. The van der Waals surface area contributed by atoms with Crippen LogP contribution in [0.3, 0.4) is 0 Å². The van der Waals surface area contributed by atoms with E-state index in [1.807, 2.05) is 6.07 Å². The van der Waals surface area contributed by atoms with Crippen LogP contribution < -0.4 is 4.57 Å². The Bertz CT molecular complexity index is 997. The van der Waals surface area contributed by atoms with E-state index in [1.54, 1.807) is 0 Å². The predicted molar refractivity (Wildman–Crippen MR) is 106 cm³/mol. The zero-order chi connectivity index (χ0) is 18.4. The summed E-state index contributed by atoms with van der Waals surface area (Å²) in [5.41, 5.74) is 7.81. The van der Waals surface area contributed by atoms with E-state index in [1.165, 1.54) is 59.0 Å². The van der Waals surface area contributed by atoms with Crippen LogP contribution in [-0.2, 0) is 7.05 Å². The minimum Gasteiger partial charge on any atom is -0.198 e. The van der Waals surface area contributed by atoms with Crippen molar-refractivity contribution in [2.24, 2.45) is 7.05 Å². The third-order valence-electron chi connectivity index (χ3n) is 6.11. The Hall–Kier alpha value is -2.15. The molecule has 0 aliphatic heterocycles. The van der Waals surface area contributed by atoms with Crippen LogP contribution in [0.4, 0.5) is 0 Å². The number of fused-ring (bicyclic) bond motifs is 1. The summed E-state index contributed by atoms with van der Waals surface area (Å²) in [4.78, 5) is 0. The van der Waals surface area contributed by atoms with Crippen molar-refractivity contribution < 1.29 is 5.94 Å². The Morgan fingerprint density at radius 3 is 2.52 bits per heavy atom. The standard InChI is InChI=1S/C24H28N/c1-16-13-21(19-9-5-6-10-19)15-23(18(16)3)24-22-12-8-7-11-20(22)14-17(2)25(24)4/h7-8,11-15,19H,5-6,9-10H2,1-4H3/q+1/i14D. The van der Waals surface area contributed by atoms with Gasteiger partial charge in [0, 0.05) is 13.0 Å². The van der Waals surface area contributed by atoms with Crippen LogP contribution in [0.5, 0.6) is 0 Å². The van der Waals surface area contributed by atoms with Crippen molar-refractivity contribution in [3.63, 3.8) is 0 Å². The van der Waals surface area contributed by atoms with Crippen LogP contribution >= 0.6 is 0 Å². The second-order valence-corrected chi connectivity index (χ2v) is 7.66. The number of aromatic nitrogens is 1. The maximum absolute atomic E-state index is 8.54. The van der Waals surface area contributed by atoms with E-state index in [0.717, 1.165) is 11.1 Å². The van der Waals surface area contributed by atoms with Crippen LogP contribution in [0.2, 0.25) is 0 Å². The normalized spacial score (nSPS) is 15.8. The molecule has 0 N–H and O–H groups in total. The van der Waals surface area contributed by atoms with Gasteiger partial charge in [-0.05, 0) is 66.8 Å². The summed E-state index contributed by atoms with van der Waals surface area (Å²) in [7, 11) is 2.10. The molecular formula is C24H28N+. The van der Waals surface area contributed by atoms with E-state index in [-0.39, 0.29) is 0 Å². The zero-order valence-corrected chi connectivity index (χ0v) is 15.8. The first kappa shape index (κ1) is 15.1. The fourth-order valence-corrected chi connectivity index (χ4v) is 4.38. The molecular weight excluding hydrogens is 302 g/mol. The first-order valence-corrected chi connectivity index (χ1v) is 9.48.